The minimum Gasteiger partial charge on any atom is -0.372 e. The van der Waals surface area contributed by atoms with Gasteiger partial charge in [0.25, 0.3) is 0 Å². The lowest BCUT2D eigenvalue weighted by atomic mass is 9.99. The van der Waals surface area contributed by atoms with Gasteiger partial charge in [0.2, 0.25) is 0 Å². The van der Waals surface area contributed by atoms with E-state index < -0.39 is 0 Å². The third-order valence-electron chi connectivity index (χ3n) is 5.29. The van der Waals surface area contributed by atoms with Crippen LogP contribution < -0.4 is 10.2 Å². The van der Waals surface area contributed by atoms with E-state index in [9.17, 15) is 0 Å². The molecule has 154 valence electrons. The highest BCUT2D eigenvalue weighted by Gasteiger charge is 2.16. The lowest BCUT2D eigenvalue weighted by Crippen LogP contribution is -2.38. The number of anilines is 1. The molecule has 1 fully saturated rings. The molecule has 0 aliphatic carbocycles. The van der Waals surface area contributed by atoms with E-state index >= 15 is 0 Å². The Morgan fingerprint density at radius 3 is 2.50 bits per heavy atom. The molecular formula is C20H32IN7. The van der Waals surface area contributed by atoms with Gasteiger partial charge in [-0.3, -0.25) is 9.67 Å². The van der Waals surface area contributed by atoms with Crippen LogP contribution in [0.25, 0.3) is 0 Å². The van der Waals surface area contributed by atoms with Gasteiger partial charge in [0.1, 0.15) is 12.2 Å². The number of nitrogens with zero attached hydrogens (tertiary/aromatic N) is 6. The Bertz CT molecular complexity index is 748. The van der Waals surface area contributed by atoms with Gasteiger partial charge in [-0.05, 0) is 36.5 Å². The minimum absolute atomic E-state index is 0. The fourth-order valence-corrected chi connectivity index (χ4v) is 3.41. The molecule has 0 amide bonds. The van der Waals surface area contributed by atoms with Crippen molar-refractivity contribution in [2.45, 2.75) is 32.9 Å². The molecule has 0 bridgehead atoms. The van der Waals surface area contributed by atoms with Crippen LogP contribution in [0.5, 0.6) is 0 Å². The Hall–Kier alpha value is -1.84. The van der Waals surface area contributed by atoms with Gasteiger partial charge < -0.3 is 15.1 Å². The molecule has 1 aliphatic rings. The van der Waals surface area contributed by atoms with Crippen LogP contribution in [0.4, 0.5) is 5.69 Å². The Morgan fingerprint density at radius 2 is 1.93 bits per heavy atom. The second kappa shape index (κ2) is 10.6. The molecular weight excluding hydrogens is 465 g/mol. The molecule has 0 radical (unpaired) electrons. The zero-order valence-corrected chi connectivity index (χ0v) is 19.6. The molecule has 1 aliphatic heterocycles. The molecule has 8 heteroatoms. The van der Waals surface area contributed by atoms with E-state index in [1.807, 2.05) is 19.0 Å². The summed E-state index contributed by atoms with van der Waals surface area (Å²) >= 11 is 0. The van der Waals surface area contributed by atoms with Gasteiger partial charge in [0.15, 0.2) is 5.96 Å². The minimum atomic E-state index is 0. The topological polar surface area (TPSA) is 61.6 Å². The molecule has 2 aromatic rings. The quantitative estimate of drug-likeness (QED) is 0.391. The van der Waals surface area contributed by atoms with Crippen LogP contribution in [0.1, 0.15) is 31.2 Å². The standard InChI is InChI=1S/C20H31N7.HI/c1-16-9-11-27(12-10-16)18-7-5-17(6-8-18)13-22-20(21-2)25(3)14-19-23-15-24-26(19)4;/h5-8,15-16H,9-14H2,1-4H3,(H,21,22);1H. The van der Waals surface area contributed by atoms with Gasteiger partial charge in [0.05, 0.1) is 6.54 Å². The first-order valence-corrected chi connectivity index (χ1v) is 9.65. The molecule has 2 heterocycles. The van der Waals surface area contributed by atoms with Crippen LogP contribution >= 0.6 is 24.0 Å². The van der Waals surface area contributed by atoms with Crippen molar-refractivity contribution in [2.75, 3.05) is 32.1 Å². The third kappa shape index (κ3) is 5.83. The lowest BCUT2D eigenvalue weighted by Gasteiger charge is -2.32. The van der Waals surface area contributed by atoms with Crippen molar-refractivity contribution in [3.63, 3.8) is 0 Å². The number of halogens is 1. The summed E-state index contributed by atoms with van der Waals surface area (Å²) in [5.41, 5.74) is 2.58. The van der Waals surface area contributed by atoms with Crippen molar-refractivity contribution in [2.24, 2.45) is 18.0 Å². The van der Waals surface area contributed by atoms with E-state index in [0.717, 1.165) is 37.3 Å². The Labute approximate surface area is 185 Å². The first kappa shape index (κ1) is 22.4. The molecule has 0 atom stereocenters. The van der Waals surface area contributed by atoms with Crippen molar-refractivity contribution >= 4 is 35.6 Å². The second-order valence-corrected chi connectivity index (χ2v) is 7.39. The number of hydrogen-bond acceptors (Lipinski definition) is 4. The summed E-state index contributed by atoms with van der Waals surface area (Å²) in [5.74, 6) is 2.60. The van der Waals surface area contributed by atoms with Crippen molar-refractivity contribution < 1.29 is 0 Å². The fourth-order valence-electron chi connectivity index (χ4n) is 3.41. The largest absolute Gasteiger partial charge is 0.372 e. The van der Waals surface area contributed by atoms with Crippen molar-refractivity contribution in [3.8, 4) is 0 Å². The number of aryl methyl sites for hydroxylation is 1. The van der Waals surface area contributed by atoms with E-state index in [2.05, 4.69) is 56.5 Å². The zero-order chi connectivity index (χ0) is 19.2. The summed E-state index contributed by atoms with van der Waals surface area (Å²) in [6.45, 7) is 6.08. The Kier molecular flexibility index (Phi) is 8.53. The van der Waals surface area contributed by atoms with Gasteiger partial charge in [-0.25, -0.2) is 4.98 Å². The SMILES string of the molecule is CN=C(NCc1ccc(N2CCC(C)CC2)cc1)N(C)Cc1ncnn1C.I. The molecule has 0 saturated carbocycles. The molecule has 1 aromatic heterocycles. The number of piperidine rings is 1. The van der Waals surface area contributed by atoms with Gasteiger partial charge in [-0.1, -0.05) is 19.1 Å². The summed E-state index contributed by atoms with van der Waals surface area (Å²) in [6.07, 6.45) is 4.15. The summed E-state index contributed by atoms with van der Waals surface area (Å²) in [6, 6.07) is 8.88. The highest BCUT2D eigenvalue weighted by molar-refractivity contribution is 14.0. The van der Waals surface area contributed by atoms with E-state index in [-0.39, 0.29) is 24.0 Å². The van der Waals surface area contributed by atoms with E-state index in [4.69, 9.17) is 0 Å². The number of guanidine groups is 1. The third-order valence-corrected chi connectivity index (χ3v) is 5.29. The maximum absolute atomic E-state index is 4.38. The molecule has 1 aromatic carbocycles. The maximum Gasteiger partial charge on any atom is 0.194 e. The number of rotatable bonds is 5. The summed E-state index contributed by atoms with van der Waals surface area (Å²) < 4.78 is 1.78. The predicted octanol–water partition coefficient (Wildman–Crippen LogP) is 2.88. The lowest BCUT2D eigenvalue weighted by molar-refractivity contribution is 0.438. The maximum atomic E-state index is 4.38. The first-order chi connectivity index (χ1) is 13.1. The smallest absolute Gasteiger partial charge is 0.194 e. The Balaban J connectivity index is 0.00000280. The molecule has 0 spiro atoms. The van der Waals surface area contributed by atoms with Crippen LogP contribution in [-0.4, -0.2) is 52.8 Å². The van der Waals surface area contributed by atoms with Crippen molar-refractivity contribution in [1.82, 2.24) is 25.0 Å². The number of benzene rings is 1. The van der Waals surface area contributed by atoms with Crippen LogP contribution in [0.3, 0.4) is 0 Å². The Morgan fingerprint density at radius 1 is 1.25 bits per heavy atom. The second-order valence-electron chi connectivity index (χ2n) is 7.39. The molecule has 3 rings (SSSR count). The molecule has 7 nitrogen and oxygen atoms in total. The molecule has 28 heavy (non-hydrogen) atoms. The van der Waals surface area contributed by atoms with Gasteiger partial charge in [0, 0.05) is 46.5 Å². The van der Waals surface area contributed by atoms with Crippen molar-refractivity contribution in [3.05, 3.63) is 42.0 Å². The normalized spacial score (nSPS) is 15.3. The zero-order valence-electron chi connectivity index (χ0n) is 17.3. The van der Waals surface area contributed by atoms with Crippen LogP contribution in [0.2, 0.25) is 0 Å². The first-order valence-electron chi connectivity index (χ1n) is 9.65. The number of aromatic nitrogens is 3. The molecule has 1 saturated heterocycles. The number of aliphatic imine (C=N–C) groups is 1. The van der Waals surface area contributed by atoms with Crippen LogP contribution in [0.15, 0.2) is 35.6 Å². The average molecular weight is 497 g/mol. The highest BCUT2D eigenvalue weighted by atomic mass is 127. The molecule has 0 unspecified atom stereocenters. The summed E-state index contributed by atoms with van der Waals surface area (Å²) in [7, 11) is 5.71. The van der Waals surface area contributed by atoms with Crippen LogP contribution in [-0.2, 0) is 20.1 Å². The van der Waals surface area contributed by atoms with Gasteiger partial charge in [-0.2, -0.15) is 5.10 Å². The fraction of sp³-hybridized carbons (Fsp3) is 0.550. The summed E-state index contributed by atoms with van der Waals surface area (Å²) in [5, 5.41) is 7.54. The van der Waals surface area contributed by atoms with Crippen LogP contribution in [0, 0.1) is 5.92 Å². The van der Waals surface area contributed by atoms with E-state index in [0.29, 0.717) is 6.54 Å². The van der Waals surface area contributed by atoms with Gasteiger partial charge in [-0.15, -0.1) is 24.0 Å². The van der Waals surface area contributed by atoms with E-state index in [1.165, 1.54) is 24.1 Å². The van der Waals surface area contributed by atoms with Gasteiger partial charge >= 0.3 is 0 Å². The number of hydrogen-bond donors (Lipinski definition) is 1. The average Bonchev–Trinajstić information content (AvgIpc) is 3.08. The molecule has 1 N–H and O–H groups in total. The summed E-state index contributed by atoms with van der Waals surface area (Å²) in [4.78, 5) is 13.2. The monoisotopic (exact) mass is 497 g/mol. The van der Waals surface area contributed by atoms with E-state index in [1.54, 1.807) is 18.1 Å². The van der Waals surface area contributed by atoms with Crippen molar-refractivity contribution in [1.29, 1.82) is 0 Å². The number of nitrogens with one attached hydrogen (secondary N) is 1. The predicted molar refractivity (Wildman–Crippen MR) is 125 cm³/mol. The highest BCUT2D eigenvalue weighted by Crippen LogP contribution is 2.23.